The third kappa shape index (κ3) is 3.36. The van der Waals surface area contributed by atoms with E-state index in [0.717, 1.165) is 28.1 Å². The van der Waals surface area contributed by atoms with Gasteiger partial charge in [-0.15, -0.1) is 0 Å². The minimum Gasteiger partial charge on any atom is -0.497 e. The summed E-state index contributed by atoms with van der Waals surface area (Å²) in [5, 5.41) is 2.98. The number of hydrogen-bond acceptors (Lipinski definition) is 4. The molecular weight excluding hydrogens is 316 g/mol. The zero-order valence-electron chi connectivity index (χ0n) is 15.1. The molecular formula is C20H22N2O3. The van der Waals surface area contributed by atoms with Crippen molar-refractivity contribution in [1.82, 2.24) is 4.98 Å². The van der Waals surface area contributed by atoms with Gasteiger partial charge in [0.15, 0.2) is 5.58 Å². The predicted octanol–water partition coefficient (Wildman–Crippen LogP) is 4.80. The lowest BCUT2D eigenvalue weighted by molar-refractivity contribution is -0.123. The Kier molecular flexibility index (Phi) is 4.25. The molecule has 1 heterocycles. The fourth-order valence-electron chi connectivity index (χ4n) is 2.46. The molecule has 0 atom stereocenters. The molecule has 1 aromatic heterocycles. The molecule has 25 heavy (non-hydrogen) atoms. The lowest BCUT2D eigenvalue weighted by Crippen LogP contribution is -2.27. The number of amides is 1. The van der Waals surface area contributed by atoms with Gasteiger partial charge in [0.25, 0.3) is 0 Å². The van der Waals surface area contributed by atoms with Gasteiger partial charge in [-0.05, 0) is 36.8 Å². The summed E-state index contributed by atoms with van der Waals surface area (Å²) in [6.07, 6.45) is 0. The average Bonchev–Trinajstić information content (AvgIpc) is 2.98. The number of carbonyl (C=O) groups is 1. The molecule has 0 fully saturated rings. The molecule has 0 saturated heterocycles. The van der Waals surface area contributed by atoms with Crippen molar-refractivity contribution in [3.05, 3.63) is 42.0 Å². The Bertz CT molecular complexity index is 936. The molecule has 2 aromatic carbocycles. The summed E-state index contributed by atoms with van der Waals surface area (Å²) in [5.41, 5.74) is 3.49. The van der Waals surface area contributed by atoms with Crippen molar-refractivity contribution in [1.29, 1.82) is 0 Å². The highest BCUT2D eigenvalue weighted by Gasteiger charge is 2.22. The van der Waals surface area contributed by atoms with Crippen LogP contribution in [0.3, 0.4) is 0 Å². The van der Waals surface area contributed by atoms with Gasteiger partial charge < -0.3 is 14.5 Å². The summed E-state index contributed by atoms with van der Waals surface area (Å²) in [6.45, 7) is 7.60. The first-order chi connectivity index (χ1) is 11.8. The Morgan fingerprint density at radius 1 is 1.20 bits per heavy atom. The molecule has 0 aliphatic heterocycles. The standard InChI is InChI=1S/C20H22N2O3/c1-12-14(7-6-8-15(12)22-19(23)20(2,3)4)18-21-16-11-13(24-5)9-10-17(16)25-18/h6-11H,1-5H3,(H,22,23). The molecule has 1 N–H and O–H groups in total. The third-order valence-electron chi connectivity index (χ3n) is 4.09. The second-order valence-electron chi connectivity index (χ2n) is 7.03. The number of nitrogens with zero attached hydrogens (tertiary/aromatic N) is 1. The number of hydrogen-bond donors (Lipinski definition) is 1. The smallest absolute Gasteiger partial charge is 0.229 e. The van der Waals surface area contributed by atoms with Crippen LogP contribution in [0.5, 0.6) is 5.75 Å². The van der Waals surface area contributed by atoms with E-state index in [1.807, 2.05) is 64.1 Å². The van der Waals surface area contributed by atoms with Crippen LogP contribution in [-0.4, -0.2) is 18.0 Å². The number of methoxy groups -OCH3 is 1. The van der Waals surface area contributed by atoms with E-state index in [4.69, 9.17) is 9.15 Å². The minimum absolute atomic E-state index is 0.0324. The van der Waals surface area contributed by atoms with Crippen LogP contribution >= 0.6 is 0 Å². The molecule has 5 heteroatoms. The molecule has 0 aliphatic rings. The number of oxazole rings is 1. The Morgan fingerprint density at radius 2 is 1.96 bits per heavy atom. The first kappa shape index (κ1) is 17.0. The maximum atomic E-state index is 12.3. The molecule has 0 spiro atoms. The van der Waals surface area contributed by atoms with Crippen molar-refractivity contribution in [2.24, 2.45) is 5.41 Å². The summed E-state index contributed by atoms with van der Waals surface area (Å²) in [7, 11) is 1.62. The van der Waals surface area contributed by atoms with Gasteiger partial charge in [0, 0.05) is 22.7 Å². The van der Waals surface area contributed by atoms with Crippen LogP contribution in [0.25, 0.3) is 22.6 Å². The van der Waals surface area contributed by atoms with E-state index in [-0.39, 0.29) is 5.91 Å². The Balaban J connectivity index is 2.00. The molecule has 3 aromatic rings. The molecule has 0 saturated carbocycles. The first-order valence-corrected chi connectivity index (χ1v) is 8.15. The van der Waals surface area contributed by atoms with E-state index in [1.165, 1.54) is 0 Å². The van der Waals surface area contributed by atoms with Crippen molar-refractivity contribution in [3.63, 3.8) is 0 Å². The van der Waals surface area contributed by atoms with Gasteiger partial charge in [-0.25, -0.2) is 4.98 Å². The predicted molar refractivity (Wildman–Crippen MR) is 98.8 cm³/mol. The Morgan fingerprint density at radius 3 is 2.64 bits per heavy atom. The Hall–Kier alpha value is -2.82. The van der Waals surface area contributed by atoms with Gasteiger partial charge >= 0.3 is 0 Å². The fraction of sp³-hybridized carbons (Fsp3) is 0.300. The quantitative estimate of drug-likeness (QED) is 0.745. The van der Waals surface area contributed by atoms with Crippen molar-refractivity contribution in [2.75, 3.05) is 12.4 Å². The molecule has 0 unspecified atom stereocenters. The topological polar surface area (TPSA) is 64.4 Å². The van der Waals surface area contributed by atoms with Crippen molar-refractivity contribution in [2.45, 2.75) is 27.7 Å². The van der Waals surface area contributed by atoms with Crippen molar-refractivity contribution >= 4 is 22.7 Å². The lowest BCUT2D eigenvalue weighted by atomic mass is 9.95. The zero-order valence-corrected chi connectivity index (χ0v) is 15.1. The van der Waals surface area contributed by atoms with Gasteiger partial charge in [-0.1, -0.05) is 26.8 Å². The summed E-state index contributed by atoms with van der Waals surface area (Å²) >= 11 is 0. The highest BCUT2D eigenvalue weighted by atomic mass is 16.5. The molecule has 130 valence electrons. The fourth-order valence-corrected chi connectivity index (χ4v) is 2.46. The number of nitrogens with one attached hydrogen (secondary N) is 1. The molecule has 0 aliphatic carbocycles. The molecule has 3 rings (SSSR count). The van der Waals surface area contributed by atoms with Crippen LogP contribution in [0, 0.1) is 12.3 Å². The van der Waals surface area contributed by atoms with Crippen molar-refractivity contribution < 1.29 is 13.9 Å². The molecule has 1 amide bonds. The second kappa shape index (κ2) is 6.24. The second-order valence-corrected chi connectivity index (χ2v) is 7.03. The van der Waals surface area contributed by atoms with Gasteiger partial charge in [0.1, 0.15) is 11.3 Å². The van der Waals surface area contributed by atoms with Crippen LogP contribution in [0.1, 0.15) is 26.3 Å². The SMILES string of the molecule is COc1ccc2oc(-c3cccc(NC(=O)C(C)(C)C)c3C)nc2c1. The maximum absolute atomic E-state index is 12.3. The van der Waals surface area contributed by atoms with Crippen LogP contribution < -0.4 is 10.1 Å². The molecule has 5 nitrogen and oxygen atoms in total. The Labute approximate surface area is 147 Å². The summed E-state index contributed by atoms with van der Waals surface area (Å²) in [5.74, 6) is 1.22. The van der Waals surface area contributed by atoms with Crippen LogP contribution in [-0.2, 0) is 4.79 Å². The monoisotopic (exact) mass is 338 g/mol. The zero-order chi connectivity index (χ0) is 18.2. The van der Waals surface area contributed by atoms with Gasteiger partial charge in [0.2, 0.25) is 11.8 Å². The summed E-state index contributed by atoms with van der Waals surface area (Å²) in [6, 6.07) is 11.2. The minimum atomic E-state index is -0.462. The molecule has 0 bridgehead atoms. The van der Waals surface area contributed by atoms with Crippen LogP contribution in [0.2, 0.25) is 0 Å². The van der Waals surface area contributed by atoms with Crippen LogP contribution in [0.15, 0.2) is 40.8 Å². The number of fused-ring (bicyclic) bond motifs is 1. The van der Waals surface area contributed by atoms with E-state index in [1.54, 1.807) is 7.11 Å². The molecule has 0 radical (unpaired) electrons. The average molecular weight is 338 g/mol. The number of benzene rings is 2. The number of anilines is 1. The van der Waals surface area contributed by atoms with Gasteiger partial charge in [0.05, 0.1) is 7.11 Å². The number of carbonyl (C=O) groups excluding carboxylic acids is 1. The third-order valence-corrected chi connectivity index (χ3v) is 4.09. The summed E-state index contributed by atoms with van der Waals surface area (Å²) in [4.78, 5) is 16.8. The van der Waals surface area contributed by atoms with E-state index < -0.39 is 5.41 Å². The normalized spacial score (nSPS) is 11.6. The number of aromatic nitrogens is 1. The van der Waals surface area contributed by atoms with E-state index in [0.29, 0.717) is 11.5 Å². The van der Waals surface area contributed by atoms with Gasteiger partial charge in [-0.2, -0.15) is 0 Å². The van der Waals surface area contributed by atoms with Crippen molar-refractivity contribution in [3.8, 4) is 17.2 Å². The maximum Gasteiger partial charge on any atom is 0.229 e. The highest BCUT2D eigenvalue weighted by molar-refractivity contribution is 5.96. The van der Waals surface area contributed by atoms with Crippen LogP contribution in [0.4, 0.5) is 5.69 Å². The highest BCUT2D eigenvalue weighted by Crippen LogP contribution is 2.32. The van der Waals surface area contributed by atoms with E-state index in [9.17, 15) is 4.79 Å². The first-order valence-electron chi connectivity index (χ1n) is 8.15. The number of rotatable bonds is 3. The summed E-state index contributed by atoms with van der Waals surface area (Å²) < 4.78 is 11.1. The largest absolute Gasteiger partial charge is 0.497 e. The van der Waals surface area contributed by atoms with E-state index in [2.05, 4.69) is 10.3 Å². The number of ether oxygens (including phenoxy) is 1. The van der Waals surface area contributed by atoms with E-state index >= 15 is 0 Å². The van der Waals surface area contributed by atoms with Gasteiger partial charge in [-0.3, -0.25) is 4.79 Å². The lowest BCUT2D eigenvalue weighted by Gasteiger charge is -2.19.